The molecule has 0 bridgehead atoms. The molecular formula is C21H29NO2S. The maximum atomic E-state index is 12.9. The average Bonchev–Trinajstić information content (AvgIpc) is 2.52. The first-order valence-electron chi connectivity index (χ1n) is 8.67. The van der Waals surface area contributed by atoms with Gasteiger partial charge in [-0.1, -0.05) is 47.6 Å². The Morgan fingerprint density at radius 3 is 1.76 bits per heavy atom. The predicted octanol–water partition coefficient (Wildman–Crippen LogP) is 4.69. The van der Waals surface area contributed by atoms with E-state index in [1.165, 1.54) is 0 Å². The van der Waals surface area contributed by atoms with Crippen LogP contribution in [0.4, 0.5) is 0 Å². The Bertz CT molecular complexity index is 794. The number of aryl methyl sites for hydroxylation is 1. The van der Waals surface area contributed by atoms with Gasteiger partial charge in [-0.3, -0.25) is 4.98 Å². The average molecular weight is 360 g/mol. The Hall–Kier alpha value is -1.68. The summed E-state index contributed by atoms with van der Waals surface area (Å²) in [6, 6.07) is 9.56. The van der Waals surface area contributed by atoms with Crippen LogP contribution in [0.1, 0.15) is 58.2 Å². The molecule has 136 valence electrons. The third-order valence-corrected chi connectivity index (χ3v) is 6.10. The Labute approximate surface area is 152 Å². The van der Waals surface area contributed by atoms with E-state index >= 15 is 0 Å². The van der Waals surface area contributed by atoms with Gasteiger partial charge >= 0.3 is 0 Å². The van der Waals surface area contributed by atoms with Gasteiger partial charge in [0.2, 0.25) is 0 Å². The molecule has 3 nitrogen and oxygen atoms in total. The predicted molar refractivity (Wildman–Crippen MR) is 104 cm³/mol. The molecule has 4 heteroatoms. The lowest BCUT2D eigenvalue weighted by Crippen LogP contribution is -2.19. The van der Waals surface area contributed by atoms with Crippen molar-refractivity contribution in [3.05, 3.63) is 59.4 Å². The van der Waals surface area contributed by atoms with Crippen LogP contribution in [-0.4, -0.2) is 19.2 Å². The SMILES string of the molecule is CC(C)(C)c1cc(C(C)(C)C)cc(S(=O)(=O)CCc2ccncc2)c1. The van der Waals surface area contributed by atoms with Gasteiger partial charge < -0.3 is 0 Å². The van der Waals surface area contributed by atoms with E-state index in [4.69, 9.17) is 0 Å². The molecule has 0 radical (unpaired) electrons. The molecule has 0 aliphatic carbocycles. The van der Waals surface area contributed by atoms with E-state index in [9.17, 15) is 8.42 Å². The van der Waals surface area contributed by atoms with Crippen molar-refractivity contribution in [3.63, 3.8) is 0 Å². The summed E-state index contributed by atoms with van der Waals surface area (Å²) in [6.07, 6.45) is 3.88. The Balaban J connectivity index is 2.42. The van der Waals surface area contributed by atoms with Gasteiger partial charge in [-0.2, -0.15) is 0 Å². The highest BCUT2D eigenvalue weighted by Crippen LogP contribution is 2.32. The molecule has 1 aromatic heterocycles. The zero-order valence-electron chi connectivity index (χ0n) is 16.1. The third kappa shape index (κ3) is 5.15. The van der Waals surface area contributed by atoms with Gasteiger partial charge in [0.1, 0.15) is 0 Å². The summed E-state index contributed by atoms with van der Waals surface area (Å²) >= 11 is 0. The van der Waals surface area contributed by atoms with Crippen molar-refractivity contribution in [2.45, 2.75) is 63.7 Å². The van der Waals surface area contributed by atoms with Crippen molar-refractivity contribution in [1.29, 1.82) is 0 Å². The fraction of sp³-hybridized carbons (Fsp3) is 0.476. The Morgan fingerprint density at radius 1 is 0.840 bits per heavy atom. The minimum atomic E-state index is -3.34. The summed E-state index contributed by atoms with van der Waals surface area (Å²) in [4.78, 5) is 4.41. The number of rotatable bonds is 4. The van der Waals surface area contributed by atoms with Gasteiger partial charge in [-0.15, -0.1) is 0 Å². The minimum Gasteiger partial charge on any atom is -0.265 e. The highest BCUT2D eigenvalue weighted by Gasteiger charge is 2.24. The number of hydrogen-bond acceptors (Lipinski definition) is 3. The fourth-order valence-corrected chi connectivity index (χ4v) is 3.92. The lowest BCUT2D eigenvalue weighted by molar-refractivity contribution is 0.562. The molecule has 25 heavy (non-hydrogen) atoms. The first-order chi connectivity index (χ1) is 11.4. The standard InChI is InChI=1S/C21H29NO2S/c1-20(2,3)17-13-18(21(4,5)6)15-19(14-17)25(23,24)12-9-16-7-10-22-11-8-16/h7-8,10-11,13-15H,9,12H2,1-6H3. The van der Waals surface area contributed by atoms with E-state index in [0.29, 0.717) is 11.3 Å². The van der Waals surface area contributed by atoms with Crippen molar-refractivity contribution in [2.24, 2.45) is 0 Å². The van der Waals surface area contributed by atoms with Gasteiger partial charge in [-0.25, -0.2) is 8.42 Å². The van der Waals surface area contributed by atoms with Crippen LogP contribution in [0.25, 0.3) is 0 Å². The molecule has 1 aromatic carbocycles. The normalized spacial score (nSPS) is 13.0. The highest BCUT2D eigenvalue weighted by molar-refractivity contribution is 7.91. The summed E-state index contributed by atoms with van der Waals surface area (Å²) in [7, 11) is -3.34. The minimum absolute atomic E-state index is 0.101. The van der Waals surface area contributed by atoms with Crippen LogP contribution in [0.3, 0.4) is 0 Å². The maximum Gasteiger partial charge on any atom is 0.178 e. The van der Waals surface area contributed by atoms with E-state index < -0.39 is 9.84 Å². The smallest absolute Gasteiger partial charge is 0.178 e. The first-order valence-corrected chi connectivity index (χ1v) is 10.3. The lowest BCUT2D eigenvalue weighted by Gasteiger charge is -2.26. The zero-order valence-corrected chi connectivity index (χ0v) is 16.9. The number of hydrogen-bond donors (Lipinski definition) is 0. The fourth-order valence-electron chi connectivity index (χ4n) is 2.56. The highest BCUT2D eigenvalue weighted by atomic mass is 32.2. The van der Waals surface area contributed by atoms with Crippen LogP contribution >= 0.6 is 0 Å². The zero-order chi connectivity index (χ0) is 18.9. The van der Waals surface area contributed by atoms with Gasteiger partial charge in [-0.05, 0) is 58.2 Å². The maximum absolute atomic E-state index is 12.9. The van der Waals surface area contributed by atoms with Crippen molar-refractivity contribution >= 4 is 9.84 Å². The van der Waals surface area contributed by atoms with E-state index in [1.807, 2.05) is 24.3 Å². The van der Waals surface area contributed by atoms with E-state index in [2.05, 4.69) is 52.6 Å². The second-order valence-electron chi connectivity index (χ2n) is 8.67. The molecule has 0 fully saturated rings. The molecule has 0 saturated carbocycles. The molecule has 0 unspecified atom stereocenters. The molecule has 0 N–H and O–H groups in total. The van der Waals surface area contributed by atoms with Crippen LogP contribution in [0.15, 0.2) is 47.6 Å². The quantitative estimate of drug-likeness (QED) is 0.795. The Morgan fingerprint density at radius 2 is 1.32 bits per heavy atom. The number of pyridine rings is 1. The summed E-state index contributed by atoms with van der Waals surface area (Å²) in [5.41, 5.74) is 2.90. The summed E-state index contributed by atoms with van der Waals surface area (Å²) in [5, 5.41) is 0. The van der Waals surface area contributed by atoms with E-state index in [0.717, 1.165) is 16.7 Å². The molecule has 2 aromatic rings. The molecule has 1 heterocycles. The molecule has 0 spiro atoms. The molecule has 0 saturated heterocycles. The topological polar surface area (TPSA) is 47.0 Å². The van der Waals surface area contributed by atoms with Crippen molar-refractivity contribution in [2.75, 3.05) is 5.75 Å². The molecular weight excluding hydrogens is 330 g/mol. The van der Waals surface area contributed by atoms with Gasteiger partial charge in [0.15, 0.2) is 9.84 Å². The van der Waals surface area contributed by atoms with Gasteiger partial charge in [0, 0.05) is 12.4 Å². The third-order valence-electron chi connectivity index (χ3n) is 4.41. The second kappa shape index (κ2) is 6.91. The van der Waals surface area contributed by atoms with Crippen LogP contribution in [-0.2, 0) is 27.1 Å². The van der Waals surface area contributed by atoms with Gasteiger partial charge in [0.25, 0.3) is 0 Å². The van der Waals surface area contributed by atoms with Crippen molar-refractivity contribution < 1.29 is 8.42 Å². The number of nitrogens with zero attached hydrogens (tertiary/aromatic N) is 1. The molecule has 0 amide bonds. The number of benzene rings is 1. The second-order valence-corrected chi connectivity index (χ2v) is 10.8. The number of aromatic nitrogens is 1. The molecule has 0 atom stereocenters. The molecule has 2 rings (SSSR count). The molecule has 0 aliphatic heterocycles. The number of sulfone groups is 1. The van der Waals surface area contributed by atoms with Crippen molar-refractivity contribution in [1.82, 2.24) is 4.98 Å². The summed E-state index contributed by atoms with van der Waals surface area (Å²) in [6.45, 7) is 12.7. The largest absolute Gasteiger partial charge is 0.265 e. The monoisotopic (exact) mass is 359 g/mol. The van der Waals surface area contributed by atoms with Gasteiger partial charge in [0.05, 0.1) is 10.6 Å². The van der Waals surface area contributed by atoms with Crippen LogP contribution in [0.2, 0.25) is 0 Å². The Kier molecular flexibility index (Phi) is 5.43. The first kappa shape index (κ1) is 19.6. The van der Waals surface area contributed by atoms with Crippen LogP contribution in [0.5, 0.6) is 0 Å². The summed E-state index contributed by atoms with van der Waals surface area (Å²) < 4.78 is 25.9. The van der Waals surface area contributed by atoms with E-state index in [1.54, 1.807) is 12.4 Å². The lowest BCUT2D eigenvalue weighted by atomic mass is 9.81. The summed E-state index contributed by atoms with van der Waals surface area (Å²) in [5.74, 6) is 0.105. The van der Waals surface area contributed by atoms with Crippen molar-refractivity contribution in [3.8, 4) is 0 Å². The van der Waals surface area contributed by atoms with Crippen LogP contribution in [0, 0.1) is 0 Å². The molecule has 0 aliphatic rings. The van der Waals surface area contributed by atoms with E-state index in [-0.39, 0.29) is 16.6 Å². The van der Waals surface area contributed by atoms with Crippen LogP contribution < -0.4 is 0 Å².